The lowest BCUT2D eigenvalue weighted by atomic mass is 10.0. The van der Waals surface area contributed by atoms with Crippen LogP contribution in [0.4, 0.5) is 15.8 Å². The largest absolute Gasteiger partial charge is 0.354 e. The normalized spacial score (nSPS) is 11.8. The fourth-order valence-electron chi connectivity index (χ4n) is 4.88. The number of unbranched alkanes of at least 4 members (excludes halogenated alkanes) is 1. The second-order valence-corrected chi connectivity index (χ2v) is 12.4. The van der Waals surface area contributed by atoms with E-state index >= 15 is 4.39 Å². The molecule has 12 heteroatoms. The predicted molar refractivity (Wildman–Crippen MR) is 173 cm³/mol. The molecule has 0 bridgehead atoms. The van der Waals surface area contributed by atoms with Gasteiger partial charge in [0.05, 0.1) is 15.5 Å². The molecule has 2 amide bonds. The summed E-state index contributed by atoms with van der Waals surface area (Å²) in [6, 6.07) is 26.0. The van der Waals surface area contributed by atoms with Crippen molar-refractivity contribution in [2.75, 3.05) is 17.4 Å². The Balaban J connectivity index is 1.82. The first kappa shape index (κ1) is 33.8. The first-order valence-corrected chi connectivity index (χ1v) is 16.2. The van der Waals surface area contributed by atoms with Gasteiger partial charge in [0.2, 0.25) is 11.8 Å². The highest BCUT2D eigenvalue weighted by molar-refractivity contribution is 7.92. The quantitative estimate of drug-likeness (QED) is 0.103. The molecule has 1 atom stereocenters. The minimum absolute atomic E-state index is 0.0707. The monoisotopic (exact) mass is 646 g/mol. The number of rotatable bonds is 15. The van der Waals surface area contributed by atoms with Gasteiger partial charge in [-0.3, -0.25) is 24.0 Å². The number of non-ortho nitro benzene ring substituents is 1. The van der Waals surface area contributed by atoms with Crippen LogP contribution < -0.4 is 9.62 Å². The number of nitrogens with zero attached hydrogens (tertiary/aromatic N) is 3. The number of nitro groups is 1. The van der Waals surface area contributed by atoms with Crippen molar-refractivity contribution in [1.29, 1.82) is 0 Å². The molecule has 0 spiro atoms. The molecule has 0 heterocycles. The molecule has 10 nitrogen and oxygen atoms in total. The van der Waals surface area contributed by atoms with Gasteiger partial charge in [0.25, 0.3) is 15.7 Å². The van der Waals surface area contributed by atoms with Crippen molar-refractivity contribution in [2.24, 2.45) is 0 Å². The second kappa shape index (κ2) is 15.8. The SMILES string of the molecule is CCCCNC(=O)[C@H](Cc1ccccc1)N(Cc1ccccc1F)C(=O)CN(c1cccc([N+](=O)[O-])c1)S(=O)(=O)c1ccccc1. The number of nitro benzene ring substituents is 1. The molecule has 0 aliphatic heterocycles. The number of hydrogen-bond acceptors (Lipinski definition) is 6. The maximum atomic E-state index is 15.0. The summed E-state index contributed by atoms with van der Waals surface area (Å²) >= 11 is 0. The Kier molecular flexibility index (Phi) is 11.6. The number of benzene rings is 4. The van der Waals surface area contributed by atoms with Crippen molar-refractivity contribution in [3.63, 3.8) is 0 Å². The zero-order chi connectivity index (χ0) is 33.1. The van der Waals surface area contributed by atoms with Gasteiger partial charge in [-0.05, 0) is 36.2 Å². The maximum Gasteiger partial charge on any atom is 0.271 e. The van der Waals surface area contributed by atoms with Crippen LogP contribution in [0.25, 0.3) is 0 Å². The molecule has 4 rings (SSSR count). The van der Waals surface area contributed by atoms with Gasteiger partial charge in [-0.1, -0.05) is 86.1 Å². The zero-order valence-corrected chi connectivity index (χ0v) is 26.1. The zero-order valence-electron chi connectivity index (χ0n) is 25.3. The van der Waals surface area contributed by atoms with Crippen LogP contribution in [0.1, 0.15) is 30.9 Å². The molecule has 1 N–H and O–H groups in total. The third kappa shape index (κ3) is 8.54. The van der Waals surface area contributed by atoms with Crippen molar-refractivity contribution in [3.05, 3.63) is 136 Å². The van der Waals surface area contributed by atoms with Crippen LogP contribution in [0.15, 0.2) is 114 Å². The molecule has 4 aromatic carbocycles. The number of carbonyl (C=O) groups excluding carboxylic acids is 2. The van der Waals surface area contributed by atoms with E-state index < -0.39 is 45.2 Å². The number of sulfonamides is 1. The molecule has 0 saturated carbocycles. The Morgan fingerprint density at radius 1 is 0.913 bits per heavy atom. The van der Waals surface area contributed by atoms with Crippen molar-refractivity contribution >= 4 is 33.2 Å². The highest BCUT2D eigenvalue weighted by atomic mass is 32.2. The van der Waals surface area contributed by atoms with E-state index in [0.717, 1.165) is 22.4 Å². The smallest absolute Gasteiger partial charge is 0.271 e. The molecule has 0 aliphatic carbocycles. The highest BCUT2D eigenvalue weighted by Crippen LogP contribution is 2.28. The van der Waals surface area contributed by atoms with Gasteiger partial charge in [0, 0.05) is 37.2 Å². The van der Waals surface area contributed by atoms with E-state index in [1.807, 2.05) is 13.0 Å². The standard InChI is InChI=1S/C34H35FN4O6S/c1-2-3-21-36-34(41)32(22-26-13-6-4-7-14-26)37(24-27-15-10-11-20-31(27)35)33(40)25-38(28-16-12-17-29(23-28)39(42)43)46(44,45)30-18-8-5-9-19-30/h4-20,23,32H,2-3,21-22,24-25H2,1H3,(H,36,41)/t32-/m0/s1. The summed E-state index contributed by atoms with van der Waals surface area (Å²) < 4.78 is 43.8. The van der Waals surface area contributed by atoms with Crippen LogP contribution in [0.3, 0.4) is 0 Å². The van der Waals surface area contributed by atoms with Gasteiger partial charge in [-0.2, -0.15) is 0 Å². The first-order valence-electron chi connectivity index (χ1n) is 14.8. The lowest BCUT2D eigenvalue weighted by molar-refractivity contribution is -0.384. The summed E-state index contributed by atoms with van der Waals surface area (Å²) in [5.74, 6) is -1.88. The van der Waals surface area contributed by atoms with Crippen molar-refractivity contribution in [2.45, 2.75) is 43.7 Å². The summed E-state index contributed by atoms with van der Waals surface area (Å²) in [7, 11) is -4.44. The summed E-state index contributed by atoms with van der Waals surface area (Å²) in [5.41, 5.74) is 0.364. The first-order chi connectivity index (χ1) is 22.1. The van der Waals surface area contributed by atoms with Crippen LogP contribution in [0.2, 0.25) is 0 Å². The molecule has 0 saturated heterocycles. The Hall–Kier alpha value is -5.10. The fraction of sp³-hybridized carbons (Fsp3) is 0.235. The molecule has 240 valence electrons. The predicted octanol–water partition coefficient (Wildman–Crippen LogP) is 5.49. The van der Waals surface area contributed by atoms with Crippen molar-refractivity contribution in [3.8, 4) is 0 Å². The Morgan fingerprint density at radius 2 is 1.57 bits per heavy atom. The molecule has 0 fully saturated rings. The molecular weight excluding hydrogens is 611 g/mol. The van der Waals surface area contributed by atoms with Gasteiger partial charge in [-0.25, -0.2) is 12.8 Å². The molecule has 0 aliphatic rings. The van der Waals surface area contributed by atoms with Crippen molar-refractivity contribution < 1.29 is 27.3 Å². The number of hydrogen-bond donors (Lipinski definition) is 1. The van der Waals surface area contributed by atoms with E-state index in [9.17, 15) is 28.1 Å². The second-order valence-electron chi connectivity index (χ2n) is 10.6. The molecule has 46 heavy (non-hydrogen) atoms. The van der Waals surface area contributed by atoms with Crippen LogP contribution in [-0.2, 0) is 32.6 Å². The molecule has 0 radical (unpaired) electrons. The summed E-state index contributed by atoms with van der Waals surface area (Å²) in [5, 5.41) is 14.5. The van der Waals surface area contributed by atoms with Crippen molar-refractivity contribution in [1.82, 2.24) is 10.2 Å². The van der Waals surface area contributed by atoms with Crippen LogP contribution in [0.5, 0.6) is 0 Å². The summed E-state index contributed by atoms with van der Waals surface area (Å²) in [6.07, 6.45) is 1.58. The van der Waals surface area contributed by atoms with Gasteiger partial charge in [0.1, 0.15) is 18.4 Å². The number of halogens is 1. The molecule has 0 unspecified atom stereocenters. The average Bonchev–Trinajstić information content (AvgIpc) is 3.06. The molecule has 4 aromatic rings. The van der Waals surface area contributed by atoms with Gasteiger partial charge in [-0.15, -0.1) is 0 Å². The molecule has 0 aromatic heterocycles. The lowest BCUT2D eigenvalue weighted by Crippen LogP contribution is -2.53. The van der Waals surface area contributed by atoms with Gasteiger partial charge >= 0.3 is 0 Å². The minimum atomic E-state index is -4.44. The number of amides is 2. The maximum absolute atomic E-state index is 15.0. The van der Waals surface area contributed by atoms with Gasteiger partial charge in [0.15, 0.2) is 0 Å². The summed E-state index contributed by atoms with van der Waals surface area (Å²) in [6.45, 7) is 1.17. The van der Waals surface area contributed by atoms with Crippen LogP contribution >= 0.6 is 0 Å². The van der Waals surface area contributed by atoms with E-state index in [4.69, 9.17) is 0 Å². The molecular formula is C34H35FN4O6S. The van der Waals surface area contributed by atoms with E-state index in [-0.39, 0.29) is 34.8 Å². The van der Waals surface area contributed by atoms with E-state index in [2.05, 4.69) is 5.32 Å². The summed E-state index contributed by atoms with van der Waals surface area (Å²) in [4.78, 5) is 40.1. The van der Waals surface area contributed by atoms with E-state index in [0.29, 0.717) is 13.0 Å². The number of nitrogens with one attached hydrogen (secondary N) is 1. The number of anilines is 1. The Labute approximate surface area is 267 Å². The lowest BCUT2D eigenvalue weighted by Gasteiger charge is -2.34. The highest BCUT2D eigenvalue weighted by Gasteiger charge is 2.35. The van der Waals surface area contributed by atoms with Crippen LogP contribution in [-0.4, -0.2) is 49.2 Å². The topological polar surface area (TPSA) is 130 Å². The Morgan fingerprint density at radius 3 is 2.22 bits per heavy atom. The van der Waals surface area contributed by atoms with E-state index in [1.165, 1.54) is 65.6 Å². The minimum Gasteiger partial charge on any atom is -0.354 e. The fourth-order valence-corrected chi connectivity index (χ4v) is 6.31. The van der Waals surface area contributed by atoms with Crippen LogP contribution in [0, 0.1) is 15.9 Å². The average molecular weight is 647 g/mol. The Bertz CT molecular complexity index is 1760. The van der Waals surface area contributed by atoms with Gasteiger partial charge < -0.3 is 10.2 Å². The van der Waals surface area contributed by atoms with E-state index in [1.54, 1.807) is 36.4 Å². The third-order valence-corrected chi connectivity index (χ3v) is 9.13. The third-order valence-electron chi connectivity index (χ3n) is 7.34. The number of carbonyl (C=O) groups is 2.